The Bertz CT molecular complexity index is 1690. The van der Waals surface area contributed by atoms with Crippen molar-refractivity contribution in [2.75, 3.05) is 39.6 Å². The van der Waals surface area contributed by atoms with Gasteiger partial charge in [-0.05, 0) is 63.2 Å². The van der Waals surface area contributed by atoms with E-state index in [1.165, 1.54) is 64.2 Å². The van der Waals surface area contributed by atoms with Gasteiger partial charge in [0.25, 0.3) is 0 Å². The molecule has 0 bridgehead atoms. The third-order valence-corrected chi connectivity index (χ3v) is 15.5. The van der Waals surface area contributed by atoms with Crippen LogP contribution in [0.2, 0.25) is 0 Å². The zero-order valence-corrected chi connectivity index (χ0v) is 53.3. The van der Waals surface area contributed by atoms with Crippen molar-refractivity contribution in [1.29, 1.82) is 0 Å². The minimum Gasteiger partial charge on any atom is -0.462 e. The maximum absolute atomic E-state index is 12.9. The number of hydrogen-bond acceptors (Lipinski definition) is 15. The first-order valence-electron chi connectivity index (χ1n) is 31.8. The van der Waals surface area contributed by atoms with E-state index in [0.29, 0.717) is 37.5 Å². The van der Waals surface area contributed by atoms with E-state index in [0.717, 1.165) is 122 Å². The number of rotatable bonds is 59. The molecule has 17 nitrogen and oxygen atoms in total. The minimum atomic E-state index is -4.95. The lowest BCUT2D eigenvalue weighted by atomic mass is 10.0. The summed E-state index contributed by atoms with van der Waals surface area (Å²) in [6.45, 7) is 9.21. The van der Waals surface area contributed by atoms with Crippen molar-refractivity contribution in [3.8, 4) is 0 Å². The predicted molar refractivity (Wildman–Crippen MR) is 321 cm³/mol. The number of phosphoric ester groups is 2. The Hall–Kier alpha value is -2.46. The first-order valence-corrected chi connectivity index (χ1v) is 34.8. The second kappa shape index (κ2) is 54.2. The molecule has 0 aromatic heterocycles. The molecule has 0 saturated carbocycles. The quantitative estimate of drug-likeness (QED) is 0.0169. The molecule has 0 spiro atoms. The Morgan fingerprint density at radius 3 is 1.01 bits per heavy atom. The van der Waals surface area contributed by atoms with E-state index in [1.54, 1.807) is 0 Å². The van der Waals surface area contributed by atoms with E-state index in [1.807, 2.05) is 0 Å². The first-order chi connectivity index (χ1) is 38.9. The molecule has 0 radical (unpaired) electrons. The smallest absolute Gasteiger partial charge is 0.462 e. The van der Waals surface area contributed by atoms with Crippen LogP contribution in [0.1, 0.15) is 279 Å². The monoisotopic (exact) mass is 1190 g/mol. The third kappa shape index (κ3) is 56.4. The average molecular weight is 1200 g/mol. The van der Waals surface area contributed by atoms with Gasteiger partial charge in [-0.25, -0.2) is 9.13 Å². The maximum atomic E-state index is 12.9. The van der Waals surface area contributed by atoms with E-state index in [4.69, 9.17) is 37.0 Å². The second-order valence-corrected chi connectivity index (χ2v) is 25.6. The van der Waals surface area contributed by atoms with Gasteiger partial charge in [-0.15, -0.1) is 0 Å². The highest BCUT2D eigenvalue weighted by Crippen LogP contribution is 2.45. The molecule has 0 aromatic carbocycles. The molecule has 0 aliphatic carbocycles. The molecule has 0 aromatic rings. The lowest BCUT2D eigenvalue weighted by molar-refractivity contribution is -0.161. The minimum absolute atomic E-state index is 0.0837. The van der Waals surface area contributed by atoms with Gasteiger partial charge in [0.05, 0.1) is 26.4 Å². The van der Waals surface area contributed by atoms with Gasteiger partial charge in [-0.2, -0.15) is 0 Å². The molecule has 0 saturated heterocycles. The molecular formula is C62H116O17P2. The van der Waals surface area contributed by atoms with Crippen molar-refractivity contribution in [3.05, 3.63) is 24.3 Å². The normalized spacial score (nSPS) is 14.6. The predicted octanol–water partition coefficient (Wildman–Crippen LogP) is 16.4. The van der Waals surface area contributed by atoms with E-state index in [9.17, 15) is 43.2 Å². The van der Waals surface area contributed by atoms with E-state index in [-0.39, 0.29) is 25.7 Å². The highest BCUT2D eigenvalue weighted by Gasteiger charge is 2.30. The van der Waals surface area contributed by atoms with E-state index >= 15 is 0 Å². The number of carbonyl (C=O) groups is 4. The molecule has 0 amide bonds. The number of phosphoric acid groups is 2. The van der Waals surface area contributed by atoms with Crippen LogP contribution in [0.3, 0.4) is 0 Å². The fraction of sp³-hybridized carbons (Fsp3) is 0.871. The highest BCUT2D eigenvalue weighted by molar-refractivity contribution is 7.47. The molecule has 0 aliphatic rings. The van der Waals surface area contributed by atoms with Crippen molar-refractivity contribution in [1.82, 2.24) is 0 Å². The van der Waals surface area contributed by atoms with Gasteiger partial charge in [0.1, 0.15) is 19.3 Å². The Morgan fingerprint density at radius 2 is 0.667 bits per heavy atom. The molecule has 81 heavy (non-hydrogen) atoms. The van der Waals surface area contributed by atoms with Crippen LogP contribution in [0.25, 0.3) is 0 Å². The number of hydrogen-bond donors (Lipinski definition) is 3. The summed E-state index contributed by atoms with van der Waals surface area (Å²) in [6.07, 6.45) is 38.8. The summed E-state index contributed by atoms with van der Waals surface area (Å²) in [5.41, 5.74) is 0. The van der Waals surface area contributed by atoms with E-state index < -0.39 is 97.5 Å². The van der Waals surface area contributed by atoms with Crippen LogP contribution < -0.4 is 0 Å². The topological polar surface area (TPSA) is 237 Å². The molecule has 0 fully saturated rings. The molecular weight excluding hydrogens is 1080 g/mol. The van der Waals surface area contributed by atoms with Gasteiger partial charge in [0.15, 0.2) is 12.2 Å². The fourth-order valence-corrected chi connectivity index (χ4v) is 10.2. The van der Waals surface area contributed by atoms with Crippen molar-refractivity contribution >= 4 is 39.5 Å². The van der Waals surface area contributed by atoms with Crippen LogP contribution in [0.15, 0.2) is 24.3 Å². The van der Waals surface area contributed by atoms with Gasteiger partial charge < -0.3 is 33.8 Å². The third-order valence-electron chi connectivity index (χ3n) is 13.6. The summed E-state index contributed by atoms with van der Waals surface area (Å²) in [4.78, 5) is 71.9. The van der Waals surface area contributed by atoms with Crippen LogP contribution in [0, 0.1) is 11.8 Å². The molecule has 19 heteroatoms. The lowest BCUT2D eigenvalue weighted by Crippen LogP contribution is -2.30. The van der Waals surface area contributed by atoms with Gasteiger partial charge in [0, 0.05) is 25.7 Å². The number of unbranched alkanes of at least 4 members (excludes halogenated alkanes) is 26. The van der Waals surface area contributed by atoms with Gasteiger partial charge in [-0.1, -0.05) is 226 Å². The van der Waals surface area contributed by atoms with Crippen molar-refractivity contribution in [2.45, 2.75) is 297 Å². The first kappa shape index (κ1) is 78.5. The second-order valence-electron chi connectivity index (χ2n) is 22.7. The Balaban J connectivity index is 5.25. The van der Waals surface area contributed by atoms with Gasteiger partial charge >= 0.3 is 39.5 Å². The zero-order chi connectivity index (χ0) is 60.1. The average Bonchev–Trinajstić information content (AvgIpc) is 3.42. The molecule has 2 unspecified atom stereocenters. The molecule has 0 heterocycles. The number of aliphatic hydroxyl groups is 1. The van der Waals surface area contributed by atoms with Crippen molar-refractivity contribution in [2.24, 2.45) is 11.8 Å². The van der Waals surface area contributed by atoms with E-state index in [2.05, 4.69) is 65.8 Å². The fourth-order valence-electron chi connectivity index (χ4n) is 8.64. The molecule has 3 N–H and O–H groups in total. The number of esters is 4. The van der Waals surface area contributed by atoms with Crippen molar-refractivity contribution in [3.63, 3.8) is 0 Å². The summed E-state index contributed by atoms with van der Waals surface area (Å²) >= 11 is 0. The summed E-state index contributed by atoms with van der Waals surface area (Å²) in [6, 6.07) is 0. The van der Waals surface area contributed by atoms with Crippen LogP contribution in [-0.4, -0.2) is 96.7 Å². The highest BCUT2D eigenvalue weighted by atomic mass is 31.2. The maximum Gasteiger partial charge on any atom is 0.472 e. The number of allylic oxidation sites excluding steroid dienone is 4. The summed E-state index contributed by atoms with van der Waals surface area (Å²) in [7, 11) is -9.89. The summed E-state index contributed by atoms with van der Waals surface area (Å²) in [5.74, 6) is -0.808. The molecule has 0 aliphatic heterocycles. The summed E-state index contributed by atoms with van der Waals surface area (Å²) < 4.78 is 67.7. The Kier molecular flexibility index (Phi) is 52.6. The summed E-state index contributed by atoms with van der Waals surface area (Å²) in [5, 5.41) is 10.5. The Morgan fingerprint density at radius 1 is 0.383 bits per heavy atom. The largest absolute Gasteiger partial charge is 0.472 e. The van der Waals surface area contributed by atoms with Crippen LogP contribution in [0.5, 0.6) is 0 Å². The number of carbonyl (C=O) groups excluding carboxylic acids is 4. The van der Waals surface area contributed by atoms with Crippen LogP contribution in [-0.2, 0) is 65.4 Å². The van der Waals surface area contributed by atoms with Crippen LogP contribution >= 0.6 is 15.6 Å². The molecule has 0 rings (SSSR count). The molecule has 476 valence electrons. The van der Waals surface area contributed by atoms with Gasteiger partial charge in [0.2, 0.25) is 0 Å². The number of ether oxygens (including phenoxy) is 4. The Labute approximate surface area is 491 Å². The van der Waals surface area contributed by atoms with Gasteiger partial charge in [-0.3, -0.25) is 37.3 Å². The van der Waals surface area contributed by atoms with Crippen LogP contribution in [0.4, 0.5) is 0 Å². The zero-order valence-electron chi connectivity index (χ0n) is 51.6. The molecule has 5 atom stereocenters. The van der Waals surface area contributed by atoms with Crippen molar-refractivity contribution < 1.29 is 80.2 Å². The number of aliphatic hydroxyl groups excluding tert-OH is 1. The lowest BCUT2D eigenvalue weighted by Gasteiger charge is -2.21. The SMILES string of the molecule is CCCCCC/C=C\C=C/CCCCCCCC(=O)O[C@H](COC(=O)CCCCCCCCCC(C)C)COP(=O)(O)OC[C@@H](O)COP(=O)(O)OC[C@@H](COC(=O)CCCCCCCCC)OC(=O)CCCCCCCCC(C)C. The standard InChI is InChI=1S/C62H116O17P2/c1-7-9-11-13-15-16-17-18-19-20-21-22-26-34-40-46-61(66)78-57(51-73-60(65)45-39-33-27-23-25-30-36-42-54(3)4)52-76-80(68,69)74-48-56(63)49-75-81(70,71)77-53-58(50-72-59(64)44-38-32-24-14-12-10-8-2)79-62(67)47-41-35-29-28-31-37-43-55(5)6/h16-19,54-58,63H,7-15,20-53H2,1-6H3,(H,68,69)(H,70,71)/b17-16-,19-18-/t56-,57-,58-/m1/s1.